The lowest BCUT2D eigenvalue weighted by Crippen LogP contribution is -2.14. The minimum atomic E-state index is -3.95. The van der Waals surface area contributed by atoms with E-state index in [4.69, 9.17) is 5.14 Å². The lowest BCUT2D eigenvalue weighted by Gasteiger charge is -2.01. The summed E-state index contributed by atoms with van der Waals surface area (Å²) in [6.07, 6.45) is 0. The molecule has 3 nitrogen and oxygen atoms in total. The molecule has 0 spiro atoms. The third kappa shape index (κ3) is 2.49. The van der Waals surface area contributed by atoms with Crippen molar-refractivity contribution in [1.82, 2.24) is 0 Å². The highest BCUT2D eigenvalue weighted by Gasteiger charge is 2.13. The molecule has 6 heteroatoms. The van der Waals surface area contributed by atoms with Gasteiger partial charge in [-0.15, -0.1) is 0 Å². The fourth-order valence-electron chi connectivity index (χ4n) is 0.858. The molecular weight excluding hydrogens is 261 g/mol. The maximum absolute atomic E-state index is 13.1. The first-order valence-corrected chi connectivity index (χ1v) is 5.99. The molecule has 0 aliphatic heterocycles. The minimum Gasteiger partial charge on any atom is -0.225 e. The van der Waals surface area contributed by atoms with Crippen molar-refractivity contribution in [2.45, 2.75) is 10.2 Å². The van der Waals surface area contributed by atoms with Gasteiger partial charge in [0.2, 0.25) is 10.0 Å². The molecule has 0 heterocycles. The number of rotatable bonds is 2. The van der Waals surface area contributed by atoms with Gasteiger partial charge >= 0.3 is 0 Å². The van der Waals surface area contributed by atoms with E-state index < -0.39 is 20.7 Å². The molecule has 1 aromatic rings. The van der Waals surface area contributed by atoms with Crippen molar-refractivity contribution in [2.24, 2.45) is 5.14 Å². The molecule has 0 bridgehead atoms. The maximum Gasteiger partial charge on any atom is 0.240 e. The standard InChI is InChI=1S/C7H7BrFNO2S/c8-4-5-1-2-7(6(9)3-5)13(10,11)12/h1-3H,4H2,(H2,10,11,12). The van der Waals surface area contributed by atoms with Gasteiger partial charge in [-0.25, -0.2) is 17.9 Å². The Labute approximate surface area is 83.9 Å². The highest BCUT2D eigenvalue weighted by Crippen LogP contribution is 2.15. The zero-order valence-electron chi connectivity index (χ0n) is 6.50. The number of primary sulfonamides is 1. The summed E-state index contributed by atoms with van der Waals surface area (Å²) in [4.78, 5) is -0.475. The minimum absolute atomic E-state index is 0.467. The largest absolute Gasteiger partial charge is 0.240 e. The van der Waals surface area contributed by atoms with Gasteiger partial charge in [0.25, 0.3) is 0 Å². The van der Waals surface area contributed by atoms with Crippen LogP contribution in [0, 0.1) is 5.82 Å². The summed E-state index contributed by atoms with van der Waals surface area (Å²) in [7, 11) is -3.95. The Bertz CT molecular complexity index is 419. The lowest BCUT2D eigenvalue weighted by atomic mass is 10.2. The fourth-order valence-corrected chi connectivity index (χ4v) is 1.80. The van der Waals surface area contributed by atoms with Crippen molar-refractivity contribution < 1.29 is 12.8 Å². The van der Waals surface area contributed by atoms with Gasteiger partial charge in [0.15, 0.2) is 0 Å². The van der Waals surface area contributed by atoms with Crippen molar-refractivity contribution in [3.05, 3.63) is 29.6 Å². The Morgan fingerprint density at radius 1 is 1.46 bits per heavy atom. The van der Waals surface area contributed by atoms with Crippen LogP contribution in [0.4, 0.5) is 4.39 Å². The third-order valence-corrected chi connectivity index (χ3v) is 3.05. The van der Waals surface area contributed by atoms with E-state index in [1.807, 2.05) is 0 Å². The number of sulfonamides is 1. The van der Waals surface area contributed by atoms with Gasteiger partial charge in [-0.1, -0.05) is 22.0 Å². The second-order valence-electron chi connectivity index (χ2n) is 2.44. The summed E-state index contributed by atoms with van der Waals surface area (Å²) < 4.78 is 34.6. The summed E-state index contributed by atoms with van der Waals surface area (Å²) in [5, 5.41) is 5.24. The summed E-state index contributed by atoms with van der Waals surface area (Å²) in [5.41, 5.74) is 0.657. The smallest absolute Gasteiger partial charge is 0.225 e. The normalized spacial score (nSPS) is 11.6. The predicted molar refractivity (Wildman–Crippen MR) is 50.4 cm³/mol. The maximum atomic E-state index is 13.1. The van der Waals surface area contributed by atoms with Crippen LogP contribution in [0.3, 0.4) is 0 Å². The second kappa shape index (κ2) is 3.73. The summed E-state index contributed by atoms with van der Waals surface area (Å²) in [5.74, 6) is -0.820. The van der Waals surface area contributed by atoms with Crippen LogP contribution in [-0.2, 0) is 15.4 Å². The lowest BCUT2D eigenvalue weighted by molar-refractivity contribution is 0.567. The van der Waals surface area contributed by atoms with Crippen LogP contribution in [0.15, 0.2) is 23.1 Å². The molecule has 0 amide bonds. The Hall–Kier alpha value is -0.460. The monoisotopic (exact) mass is 267 g/mol. The molecule has 1 aromatic carbocycles. The molecule has 1 rings (SSSR count). The van der Waals surface area contributed by atoms with E-state index in [9.17, 15) is 12.8 Å². The van der Waals surface area contributed by atoms with Crippen molar-refractivity contribution in [1.29, 1.82) is 0 Å². The van der Waals surface area contributed by atoms with Crippen molar-refractivity contribution >= 4 is 26.0 Å². The Kier molecular flexibility index (Phi) is 3.05. The van der Waals surface area contributed by atoms with Crippen LogP contribution in [0.1, 0.15) is 5.56 Å². The molecule has 0 atom stereocenters. The Morgan fingerprint density at radius 2 is 2.08 bits per heavy atom. The average molecular weight is 268 g/mol. The van der Waals surface area contributed by atoms with E-state index >= 15 is 0 Å². The quantitative estimate of drug-likeness (QED) is 0.823. The van der Waals surface area contributed by atoms with E-state index in [0.717, 1.165) is 12.1 Å². The first-order chi connectivity index (χ1) is 5.95. The first kappa shape index (κ1) is 10.6. The molecule has 13 heavy (non-hydrogen) atoms. The molecule has 0 fully saturated rings. The summed E-state index contributed by atoms with van der Waals surface area (Å²) >= 11 is 3.12. The van der Waals surface area contributed by atoms with Gasteiger partial charge in [-0.2, -0.15) is 0 Å². The van der Waals surface area contributed by atoms with Gasteiger partial charge in [0.05, 0.1) is 0 Å². The number of benzene rings is 1. The number of nitrogens with two attached hydrogens (primary N) is 1. The van der Waals surface area contributed by atoms with E-state index in [1.54, 1.807) is 0 Å². The summed E-state index contributed by atoms with van der Waals surface area (Å²) in [6, 6.07) is 3.79. The molecule has 2 N–H and O–H groups in total. The van der Waals surface area contributed by atoms with Crippen LogP contribution in [0.5, 0.6) is 0 Å². The van der Waals surface area contributed by atoms with Crippen molar-refractivity contribution in [2.75, 3.05) is 0 Å². The second-order valence-corrected chi connectivity index (χ2v) is 4.53. The molecule has 0 aliphatic carbocycles. The van der Waals surface area contributed by atoms with Gasteiger partial charge in [0.1, 0.15) is 10.7 Å². The van der Waals surface area contributed by atoms with E-state index in [-0.39, 0.29) is 0 Å². The van der Waals surface area contributed by atoms with Gasteiger partial charge in [-0.3, -0.25) is 0 Å². The molecular formula is C7H7BrFNO2S. The molecule has 0 unspecified atom stereocenters. The van der Waals surface area contributed by atoms with Crippen molar-refractivity contribution in [3.63, 3.8) is 0 Å². The third-order valence-electron chi connectivity index (χ3n) is 1.46. The molecule has 0 saturated heterocycles. The zero-order valence-corrected chi connectivity index (χ0v) is 8.90. The van der Waals surface area contributed by atoms with Crippen LogP contribution < -0.4 is 5.14 Å². The summed E-state index contributed by atoms with van der Waals surface area (Å²) in [6.45, 7) is 0. The predicted octanol–water partition coefficient (Wildman–Crippen LogP) is 1.37. The van der Waals surface area contributed by atoms with E-state index in [1.165, 1.54) is 6.07 Å². The molecule has 72 valence electrons. The molecule has 0 aromatic heterocycles. The Balaban J connectivity index is 3.29. The van der Waals surface area contributed by atoms with E-state index in [2.05, 4.69) is 15.9 Å². The van der Waals surface area contributed by atoms with Crippen LogP contribution in [0.2, 0.25) is 0 Å². The number of hydrogen-bond acceptors (Lipinski definition) is 2. The van der Waals surface area contributed by atoms with Gasteiger partial charge < -0.3 is 0 Å². The van der Waals surface area contributed by atoms with Gasteiger partial charge in [-0.05, 0) is 17.7 Å². The van der Waals surface area contributed by atoms with Gasteiger partial charge in [0, 0.05) is 5.33 Å². The number of hydrogen-bond donors (Lipinski definition) is 1. The molecule has 0 aliphatic rings. The van der Waals surface area contributed by atoms with Crippen LogP contribution in [-0.4, -0.2) is 8.42 Å². The fraction of sp³-hybridized carbons (Fsp3) is 0.143. The molecule has 0 radical (unpaired) electrons. The first-order valence-electron chi connectivity index (χ1n) is 3.32. The zero-order chi connectivity index (χ0) is 10.1. The number of alkyl halides is 1. The highest BCUT2D eigenvalue weighted by molar-refractivity contribution is 9.08. The van der Waals surface area contributed by atoms with Crippen LogP contribution in [0.25, 0.3) is 0 Å². The SMILES string of the molecule is NS(=O)(=O)c1ccc(CBr)cc1F. The van der Waals surface area contributed by atoms with Crippen molar-refractivity contribution in [3.8, 4) is 0 Å². The molecule has 0 saturated carbocycles. The van der Waals surface area contributed by atoms with Crippen LogP contribution >= 0.6 is 15.9 Å². The topological polar surface area (TPSA) is 60.2 Å². The number of halogens is 2. The average Bonchev–Trinajstić information content (AvgIpc) is 2.01. The van der Waals surface area contributed by atoms with E-state index in [0.29, 0.717) is 10.9 Å². The Morgan fingerprint density at radius 3 is 2.46 bits per heavy atom. The highest BCUT2D eigenvalue weighted by atomic mass is 79.9.